The first-order valence-corrected chi connectivity index (χ1v) is 8.05. The molecule has 6 nitrogen and oxygen atoms in total. The standard InChI is InChI=1S/C14H21NO5S/c1-9(2)7-11(14(16)17)15-21(18,19)13-8-10(3)5-6-12(13)20-4/h5-6,8-9,11,15H,7H2,1-4H3,(H,16,17)/t11-/m1/s1. The van der Waals surface area contributed by atoms with Crippen molar-refractivity contribution in [2.24, 2.45) is 5.92 Å². The number of rotatable bonds is 7. The molecular weight excluding hydrogens is 294 g/mol. The van der Waals surface area contributed by atoms with E-state index in [1.165, 1.54) is 13.2 Å². The lowest BCUT2D eigenvalue weighted by Crippen LogP contribution is -2.41. The number of sulfonamides is 1. The fourth-order valence-electron chi connectivity index (χ4n) is 1.92. The van der Waals surface area contributed by atoms with Gasteiger partial charge in [0.05, 0.1) is 7.11 Å². The Hall–Kier alpha value is -1.60. The summed E-state index contributed by atoms with van der Waals surface area (Å²) in [6, 6.07) is 3.55. The highest BCUT2D eigenvalue weighted by Gasteiger charge is 2.28. The van der Waals surface area contributed by atoms with E-state index in [4.69, 9.17) is 9.84 Å². The first-order valence-electron chi connectivity index (χ1n) is 6.57. The van der Waals surface area contributed by atoms with Gasteiger partial charge in [0.1, 0.15) is 16.7 Å². The molecule has 0 saturated heterocycles. The fourth-order valence-corrected chi connectivity index (χ4v) is 3.37. The number of ether oxygens (including phenoxy) is 1. The zero-order chi connectivity index (χ0) is 16.2. The molecule has 0 aliphatic rings. The summed E-state index contributed by atoms with van der Waals surface area (Å²) in [6.45, 7) is 5.41. The van der Waals surface area contributed by atoms with Crippen LogP contribution in [-0.2, 0) is 14.8 Å². The van der Waals surface area contributed by atoms with E-state index in [1.54, 1.807) is 19.1 Å². The Morgan fingerprint density at radius 1 is 1.38 bits per heavy atom. The normalized spacial score (nSPS) is 13.2. The van der Waals surface area contributed by atoms with Crippen molar-refractivity contribution < 1.29 is 23.1 Å². The van der Waals surface area contributed by atoms with E-state index in [0.717, 1.165) is 5.56 Å². The van der Waals surface area contributed by atoms with Gasteiger partial charge in [0, 0.05) is 0 Å². The molecule has 1 aromatic carbocycles. The maximum absolute atomic E-state index is 12.4. The minimum Gasteiger partial charge on any atom is -0.495 e. The first-order chi connectivity index (χ1) is 9.67. The van der Waals surface area contributed by atoms with Gasteiger partial charge in [-0.2, -0.15) is 4.72 Å². The van der Waals surface area contributed by atoms with Gasteiger partial charge >= 0.3 is 5.97 Å². The molecule has 0 aliphatic carbocycles. The Balaban J connectivity index is 3.16. The molecule has 1 rings (SSSR count). The van der Waals surface area contributed by atoms with Gasteiger partial charge in [0.2, 0.25) is 10.0 Å². The Morgan fingerprint density at radius 3 is 2.48 bits per heavy atom. The van der Waals surface area contributed by atoms with Crippen LogP contribution >= 0.6 is 0 Å². The third kappa shape index (κ3) is 4.71. The number of hydrogen-bond acceptors (Lipinski definition) is 4. The molecule has 2 N–H and O–H groups in total. The molecule has 0 spiro atoms. The number of methoxy groups -OCH3 is 1. The average molecular weight is 315 g/mol. The monoisotopic (exact) mass is 315 g/mol. The summed E-state index contributed by atoms with van der Waals surface area (Å²) in [4.78, 5) is 11.2. The average Bonchev–Trinajstić information content (AvgIpc) is 2.37. The lowest BCUT2D eigenvalue weighted by atomic mass is 10.1. The molecule has 1 atom stereocenters. The predicted octanol–water partition coefficient (Wildman–Crippen LogP) is 1.78. The number of hydrogen-bond donors (Lipinski definition) is 2. The van der Waals surface area contributed by atoms with Crippen LogP contribution in [0.25, 0.3) is 0 Å². The molecule has 0 aliphatic heterocycles. The van der Waals surface area contributed by atoms with Gasteiger partial charge in [-0.05, 0) is 37.0 Å². The molecule has 0 aromatic heterocycles. The summed E-state index contributed by atoms with van der Waals surface area (Å²) < 4.78 is 32.1. The summed E-state index contributed by atoms with van der Waals surface area (Å²) in [5, 5.41) is 9.16. The molecular formula is C14H21NO5S. The zero-order valence-electron chi connectivity index (χ0n) is 12.6. The van der Waals surface area contributed by atoms with Crippen molar-refractivity contribution in [3.8, 4) is 5.75 Å². The van der Waals surface area contributed by atoms with Crippen molar-refractivity contribution in [2.75, 3.05) is 7.11 Å². The summed E-state index contributed by atoms with van der Waals surface area (Å²) in [7, 11) is -2.60. The van der Waals surface area contributed by atoms with Gasteiger partial charge in [0.15, 0.2) is 0 Å². The van der Waals surface area contributed by atoms with Gasteiger partial charge in [-0.3, -0.25) is 4.79 Å². The van der Waals surface area contributed by atoms with Gasteiger partial charge in [-0.25, -0.2) is 8.42 Å². The number of aliphatic carboxylic acids is 1. The van der Waals surface area contributed by atoms with Crippen LogP contribution < -0.4 is 9.46 Å². The van der Waals surface area contributed by atoms with Crippen molar-refractivity contribution in [1.82, 2.24) is 4.72 Å². The molecule has 0 radical (unpaired) electrons. The van der Waals surface area contributed by atoms with Crippen LogP contribution in [0.15, 0.2) is 23.1 Å². The maximum atomic E-state index is 12.4. The van der Waals surface area contributed by atoms with E-state index in [1.807, 2.05) is 13.8 Å². The number of carboxylic acid groups (broad SMARTS) is 1. The highest BCUT2D eigenvalue weighted by molar-refractivity contribution is 7.89. The van der Waals surface area contributed by atoms with Gasteiger partial charge < -0.3 is 9.84 Å². The highest BCUT2D eigenvalue weighted by Crippen LogP contribution is 2.25. The minimum atomic E-state index is -3.97. The van der Waals surface area contributed by atoms with Crippen LogP contribution in [0, 0.1) is 12.8 Å². The first kappa shape index (κ1) is 17.5. The molecule has 0 bridgehead atoms. The van der Waals surface area contributed by atoms with E-state index in [-0.39, 0.29) is 23.0 Å². The minimum absolute atomic E-state index is 0.0493. The zero-order valence-corrected chi connectivity index (χ0v) is 13.4. The lowest BCUT2D eigenvalue weighted by molar-refractivity contribution is -0.139. The lowest BCUT2D eigenvalue weighted by Gasteiger charge is -2.18. The van der Waals surface area contributed by atoms with Crippen LogP contribution in [0.2, 0.25) is 0 Å². The second-order valence-corrected chi connectivity index (χ2v) is 6.98. The third-order valence-corrected chi connectivity index (χ3v) is 4.40. The molecule has 0 heterocycles. The molecule has 7 heteroatoms. The fraction of sp³-hybridized carbons (Fsp3) is 0.500. The van der Waals surface area contributed by atoms with E-state index in [0.29, 0.717) is 0 Å². The summed E-state index contributed by atoms with van der Waals surface area (Å²) in [5.41, 5.74) is 0.743. The second-order valence-electron chi connectivity index (χ2n) is 5.30. The SMILES string of the molecule is COc1ccc(C)cc1S(=O)(=O)N[C@H](CC(C)C)C(=O)O. The van der Waals surface area contributed by atoms with Crippen molar-refractivity contribution in [1.29, 1.82) is 0 Å². The number of benzene rings is 1. The largest absolute Gasteiger partial charge is 0.495 e. The quantitative estimate of drug-likeness (QED) is 0.800. The van der Waals surface area contributed by atoms with E-state index in [9.17, 15) is 13.2 Å². The molecule has 1 aromatic rings. The van der Waals surface area contributed by atoms with Crippen molar-refractivity contribution in [2.45, 2.75) is 38.1 Å². The summed E-state index contributed by atoms with van der Waals surface area (Å²) in [6.07, 6.45) is 0.211. The van der Waals surface area contributed by atoms with Gasteiger partial charge in [0.25, 0.3) is 0 Å². The van der Waals surface area contributed by atoms with Crippen molar-refractivity contribution in [3.63, 3.8) is 0 Å². The number of carboxylic acids is 1. The van der Waals surface area contributed by atoms with E-state index in [2.05, 4.69) is 4.72 Å². The molecule has 0 fully saturated rings. The van der Waals surface area contributed by atoms with Crippen LogP contribution in [0.3, 0.4) is 0 Å². The summed E-state index contributed by atoms with van der Waals surface area (Å²) >= 11 is 0. The third-order valence-electron chi connectivity index (χ3n) is 2.91. The van der Waals surface area contributed by atoms with Crippen LogP contribution in [0.1, 0.15) is 25.8 Å². The number of carbonyl (C=O) groups is 1. The molecule has 0 saturated carbocycles. The Bertz CT molecular complexity index is 610. The Labute approximate surface area is 125 Å². The van der Waals surface area contributed by atoms with Crippen LogP contribution in [0.5, 0.6) is 5.75 Å². The van der Waals surface area contributed by atoms with Gasteiger partial charge in [-0.15, -0.1) is 0 Å². The van der Waals surface area contributed by atoms with E-state index >= 15 is 0 Å². The highest BCUT2D eigenvalue weighted by atomic mass is 32.2. The van der Waals surface area contributed by atoms with Crippen molar-refractivity contribution >= 4 is 16.0 Å². The summed E-state index contributed by atoms with van der Waals surface area (Å²) in [5.74, 6) is -0.964. The Morgan fingerprint density at radius 2 is 2.00 bits per heavy atom. The van der Waals surface area contributed by atoms with Crippen LogP contribution in [-0.4, -0.2) is 32.6 Å². The smallest absolute Gasteiger partial charge is 0.321 e. The predicted molar refractivity (Wildman–Crippen MR) is 78.9 cm³/mol. The molecule has 118 valence electrons. The van der Waals surface area contributed by atoms with Crippen LogP contribution in [0.4, 0.5) is 0 Å². The Kier molecular flexibility index (Phi) is 5.74. The molecule has 0 unspecified atom stereocenters. The number of nitrogens with one attached hydrogen (secondary N) is 1. The number of aryl methyl sites for hydroxylation is 1. The van der Waals surface area contributed by atoms with Crippen molar-refractivity contribution in [3.05, 3.63) is 23.8 Å². The maximum Gasteiger partial charge on any atom is 0.321 e. The molecule has 0 amide bonds. The van der Waals surface area contributed by atoms with Gasteiger partial charge in [-0.1, -0.05) is 19.9 Å². The second kappa shape index (κ2) is 6.91. The van der Waals surface area contributed by atoms with E-state index < -0.39 is 22.0 Å². The topological polar surface area (TPSA) is 92.7 Å². The molecule has 21 heavy (non-hydrogen) atoms.